The molecule has 5 heteroatoms. The van der Waals surface area contributed by atoms with Gasteiger partial charge in [0.2, 0.25) is 0 Å². The number of ether oxygens (including phenoxy) is 2. The Bertz CT molecular complexity index is 667. The molecule has 0 unspecified atom stereocenters. The fourth-order valence-electron chi connectivity index (χ4n) is 1.69. The molecule has 0 saturated carbocycles. The van der Waals surface area contributed by atoms with Crippen molar-refractivity contribution in [3.63, 3.8) is 0 Å². The third-order valence-electron chi connectivity index (χ3n) is 2.69. The molecule has 0 fully saturated rings. The first-order valence-electron chi connectivity index (χ1n) is 5.79. The van der Waals surface area contributed by atoms with Crippen LogP contribution in [0.1, 0.15) is 11.1 Å². The average molecular weight is 336 g/mol. The topological polar surface area (TPSA) is 42.2 Å². The Morgan fingerprint density at radius 2 is 2.05 bits per heavy atom. The highest BCUT2D eigenvalue weighted by molar-refractivity contribution is 9.10. The SMILES string of the molecule is COc1cc(C#N)cc(Br)c1OCc1ccccc1F. The molecule has 0 spiro atoms. The summed E-state index contributed by atoms with van der Waals surface area (Å²) in [5.74, 6) is 0.540. The van der Waals surface area contributed by atoms with Gasteiger partial charge in [0, 0.05) is 11.6 Å². The van der Waals surface area contributed by atoms with E-state index in [0.29, 0.717) is 27.1 Å². The second-order valence-electron chi connectivity index (χ2n) is 3.98. The number of nitrogens with zero attached hydrogens (tertiary/aromatic N) is 1. The molecule has 2 rings (SSSR count). The Morgan fingerprint density at radius 1 is 1.30 bits per heavy atom. The highest BCUT2D eigenvalue weighted by Gasteiger charge is 2.12. The van der Waals surface area contributed by atoms with Crippen molar-refractivity contribution >= 4 is 15.9 Å². The highest BCUT2D eigenvalue weighted by atomic mass is 79.9. The van der Waals surface area contributed by atoms with Gasteiger partial charge in [0.15, 0.2) is 11.5 Å². The Hall–Kier alpha value is -2.06. The normalized spacial score (nSPS) is 9.90. The van der Waals surface area contributed by atoms with Crippen LogP contribution in [-0.4, -0.2) is 7.11 Å². The van der Waals surface area contributed by atoms with E-state index >= 15 is 0 Å². The Balaban J connectivity index is 2.26. The molecule has 0 aromatic heterocycles. The number of benzene rings is 2. The third kappa shape index (κ3) is 3.09. The first kappa shape index (κ1) is 14.4. The summed E-state index contributed by atoms with van der Waals surface area (Å²) in [4.78, 5) is 0. The lowest BCUT2D eigenvalue weighted by atomic mass is 10.2. The van der Waals surface area contributed by atoms with Crippen LogP contribution >= 0.6 is 15.9 Å². The van der Waals surface area contributed by atoms with Gasteiger partial charge in [0.1, 0.15) is 12.4 Å². The number of hydrogen-bond acceptors (Lipinski definition) is 3. The molecular formula is C15H11BrFNO2. The van der Waals surface area contributed by atoms with E-state index in [9.17, 15) is 4.39 Å². The summed E-state index contributed by atoms with van der Waals surface area (Å²) in [7, 11) is 1.49. The molecule has 0 aliphatic heterocycles. The molecule has 0 amide bonds. The van der Waals surface area contributed by atoms with Gasteiger partial charge in [-0.15, -0.1) is 0 Å². The first-order chi connectivity index (χ1) is 9.65. The van der Waals surface area contributed by atoms with E-state index in [-0.39, 0.29) is 12.4 Å². The van der Waals surface area contributed by atoms with Crippen molar-refractivity contribution < 1.29 is 13.9 Å². The number of methoxy groups -OCH3 is 1. The molecule has 0 aliphatic carbocycles. The van der Waals surface area contributed by atoms with E-state index < -0.39 is 0 Å². The molecule has 0 radical (unpaired) electrons. The summed E-state index contributed by atoms with van der Waals surface area (Å²) in [5.41, 5.74) is 0.901. The smallest absolute Gasteiger partial charge is 0.175 e. The molecule has 3 nitrogen and oxygen atoms in total. The number of nitriles is 1. The summed E-state index contributed by atoms with van der Waals surface area (Å²) in [6.07, 6.45) is 0. The van der Waals surface area contributed by atoms with Gasteiger partial charge < -0.3 is 9.47 Å². The van der Waals surface area contributed by atoms with E-state index in [1.165, 1.54) is 13.2 Å². The standard InChI is InChI=1S/C15H11BrFNO2/c1-19-14-7-10(8-18)6-12(16)15(14)20-9-11-4-2-3-5-13(11)17/h2-7H,9H2,1H3. The van der Waals surface area contributed by atoms with Gasteiger partial charge >= 0.3 is 0 Å². The van der Waals surface area contributed by atoms with Crippen molar-refractivity contribution in [3.8, 4) is 17.6 Å². The quantitative estimate of drug-likeness (QED) is 0.846. The molecular weight excluding hydrogens is 325 g/mol. The summed E-state index contributed by atoms with van der Waals surface area (Å²) in [6.45, 7) is 0.0769. The van der Waals surface area contributed by atoms with E-state index in [0.717, 1.165) is 0 Å². The van der Waals surface area contributed by atoms with Crippen molar-refractivity contribution in [2.24, 2.45) is 0 Å². The lowest BCUT2D eigenvalue weighted by Crippen LogP contribution is -2.01. The molecule has 0 bridgehead atoms. The third-order valence-corrected chi connectivity index (χ3v) is 3.28. The van der Waals surface area contributed by atoms with Crippen molar-refractivity contribution in [2.75, 3.05) is 7.11 Å². The van der Waals surface area contributed by atoms with Crippen LogP contribution in [0, 0.1) is 17.1 Å². The van der Waals surface area contributed by atoms with Crippen LogP contribution in [0.15, 0.2) is 40.9 Å². The van der Waals surface area contributed by atoms with Gasteiger partial charge in [-0.25, -0.2) is 4.39 Å². The molecule has 0 N–H and O–H groups in total. The number of hydrogen-bond donors (Lipinski definition) is 0. The first-order valence-corrected chi connectivity index (χ1v) is 6.59. The van der Waals surface area contributed by atoms with Crippen molar-refractivity contribution in [3.05, 3.63) is 57.8 Å². The number of halogens is 2. The van der Waals surface area contributed by atoms with Crippen LogP contribution in [0.2, 0.25) is 0 Å². The van der Waals surface area contributed by atoms with Gasteiger partial charge in [0.05, 0.1) is 23.2 Å². The summed E-state index contributed by atoms with van der Waals surface area (Å²) >= 11 is 3.32. The van der Waals surface area contributed by atoms with Crippen LogP contribution in [0.25, 0.3) is 0 Å². The monoisotopic (exact) mass is 335 g/mol. The van der Waals surface area contributed by atoms with Crippen molar-refractivity contribution in [1.29, 1.82) is 5.26 Å². The van der Waals surface area contributed by atoms with E-state index in [1.807, 2.05) is 6.07 Å². The van der Waals surface area contributed by atoms with Gasteiger partial charge in [0.25, 0.3) is 0 Å². The molecule has 0 saturated heterocycles. The Kier molecular flexibility index (Phi) is 4.59. The second kappa shape index (κ2) is 6.40. The zero-order valence-corrected chi connectivity index (χ0v) is 12.3. The fraction of sp³-hybridized carbons (Fsp3) is 0.133. The van der Waals surface area contributed by atoms with Crippen LogP contribution < -0.4 is 9.47 Å². The van der Waals surface area contributed by atoms with E-state index in [4.69, 9.17) is 14.7 Å². The Morgan fingerprint density at radius 3 is 2.70 bits per heavy atom. The van der Waals surface area contributed by atoms with Crippen LogP contribution in [-0.2, 0) is 6.61 Å². The second-order valence-corrected chi connectivity index (χ2v) is 4.84. The van der Waals surface area contributed by atoms with Crippen LogP contribution in [0.5, 0.6) is 11.5 Å². The minimum atomic E-state index is -0.323. The van der Waals surface area contributed by atoms with Crippen LogP contribution in [0.3, 0.4) is 0 Å². The van der Waals surface area contributed by atoms with E-state index in [2.05, 4.69) is 15.9 Å². The van der Waals surface area contributed by atoms with Gasteiger partial charge in [-0.1, -0.05) is 18.2 Å². The van der Waals surface area contributed by atoms with Crippen molar-refractivity contribution in [1.82, 2.24) is 0 Å². The lowest BCUT2D eigenvalue weighted by Gasteiger charge is -2.13. The largest absolute Gasteiger partial charge is 0.493 e. The summed E-state index contributed by atoms with van der Waals surface area (Å²) in [6, 6.07) is 11.6. The molecule has 2 aromatic carbocycles. The van der Waals surface area contributed by atoms with Gasteiger partial charge in [-0.2, -0.15) is 5.26 Å². The Labute approximate surface area is 124 Å². The minimum Gasteiger partial charge on any atom is -0.493 e. The molecule has 0 atom stereocenters. The lowest BCUT2D eigenvalue weighted by molar-refractivity contribution is 0.278. The average Bonchev–Trinajstić information content (AvgIpc) is 2.46. The maximum Gasteiger partial charge on any atom is 0.175 e. The maximum atomic E-state index is 13.5. The zero-order chi connectivity index (χ0) is 14.5. The zero-order valence-electron chi connectivity index (χ0n) is 10.7. The van der Waals surface area contributed by atoms with Crippen molar-refractivity contribution in [2.45, 2.75) is 6.61 Å². The predicted octanol–water partition coefficient (Wildman–Crippen LogP) is 4.05. The van der Waals surface area contributed by atoms with Crippen LogP contribution in [0.4, 0.5) is 4.39 Å². The molecule has 102 valence electrons. The number of rotatable bonds is 4. The minimum absolute atomic E-state index is 0.0769. The summed E-state index contributed by atoms with van der Waals surface area (Å²) < 4.78 is 24.9. The predicted molar refractivity (Wildman–Crippen MR) is 76.1 cm³/mol. The van der Waals surface area contributed by atoms with Gasteiger partial charge in [-0.3, -0.25) is 0 Å². The maximum absolute atomic E-state index is 13.5. The summed E-state index contributed by atoms with van der Waals surface area (Å²) in [5, 5.41) is 8.90. The van der Waals surface area contributed by atoms with E-state index in [1.54, 1.807) is 30.3 Å². The molecule has 20 heavy (non-hydrogen) atoms. The highest BCUT2D eigenvalue weighted by Crippen LogP contribution is 2.37. The van der Waals surface area contributed by atoms with Gasteiger partial charge in [-0.05, 0) is 28.1 Å². The fourth-order valence-corrected chi connectivity index (χ4v) is 2.25. The molecule has 0 aliphatic rings. The molecule has 0 heterocycles. The molecule has 2 aromatic rings.